The van der Waals surface area contributed by atoms with Gasteiger partial charge in [-0.2, -0.15) is 0 Å². The van der Waals surface area contributed by atoms with Gasteiger partial charge in [-0.1, -0.05) is 18.7 Å². The van der Waals surface area contributed by atoms with Crippen molar-refractivity contribution in [3.8, 4) is 0 Å². The van der Waals surface area contributed by atoms with Gasteiger partial charge < -0.3 is 30.7 Å². The highest BCUT2D eigenvalue weighted by Crippen LogP contribution is 2.52. The van der Waals surface area contributed by atoms with Crippen LogP contribution in [0.25, 0.3) is 0 Å². The monoisotopic (exact) mass is 432 g/mol. The van der Waals surface area contributed by atoms with Crippen molar-refractivity contribution in [2.45, 2.75) is 37.6 Å². The molecular formula is C22H28N2O7. The fraction of sp³-hybridized carbons (Fsp3) is 0.591. The predicted molar refractivity (Wildman–Crippen MR) is 108 cm³/mol. The number of fused-ring (bicyclic) bond motifs is 3. The van der Waals surface area contributed by atoms with Crippen molar-refractivity contribution in [3.05, 3.63) is 36.1 Å². The number of carbonyl (C=O) groups excluding carboxylic acids is 3. The van der Waals surface area contributed by atoms with Crippen molar-refractivity contribution in [3.63, 3.8) is 0 Å². The van der Waals surface area contributed by atoms with Crippen LogP contribution in [-0.4, -0.2) is 69.5 Å². The molecule has 2 amide bonds. The zero-order chi connectivity index (χ0) is 22.6. The number of esters is 1. The normalized spacial score (nSPS) is 40.2. The maximum Gasteiger partial charge on any atom is 0.311 e. The molecule has 31 heavy (non-hydrogen) atoms. The van der Waals surface area contributed by atoms with E-state index in [4.69, 9.17) is 10.5 Å². The van der Waals surface area contributed by atoms with Crippen LogP contribution in [0.2, 0.25) is 0 Å². The highest BCUT2D eigenvalue weighted by atomic mass is 16.6. The summed E-state index contributed by atoms with van der Waals surface area (Å²) in [6, 6.07) is 0. The number of primary amides is 1. The van der Waals surface area contributed by atoms with Gasteiger partial charge in [-0.15, -0.1) is 0 Å². The predicted octanol–water partition coefficient (Wildman–Crippen LogP) is -0.772. The van der Waals surface area contributed by atoms with E-state index in [-0.39, 0.29) is 36.8 Å². The van der Waals surface area contributed by atoms with E-state index in [1.165, 1.54) is 11.1 Å². The lowest BCUT2D eigenvalue weighted by molar-refractivity contribution is -0.146. The minimum atomic E-state index is -0.919. The van der Waals surface area contributed by atoms with Crippen molar-refractivity contribution in [1.82, 2.24) is 4.90 Å². The first-order chi connectivity index (χ1) is 14.6. The molecule has 9 heteroatoms. The molecule has 168 valence electrons. The van der Waals surface area contributed by atoms with Crippen LogP contribution in [0, 0.1) is 29.6 Å². The van der Waals surface area contributed by atoms with E-state index in [1.807, 2.05) is 0 Å². The van der Waals surface area contributed by atoms with E-state index in [0.29, 0.717) is 12.0 Å². The minimum Gasteiger partial charge on any atom is -0.461 e. The average Bonchev–Trinajstić information content (AvgIpc) is 3.16. The van der Waals surface area contributed by atoms with E-state index in [2.05, 4.69) is 13.2 Å². The summed E-state index contributed by atoms with van der Waals surface area (Å²) in [5.74, 6) is -4.47. The van der Waals surface area contributed by atoms with Gasteiger partial charge >= 0.3 is 5.97 Å². The zero-order valence-corrected chi connectivity index (χ0v) is 17.1. The molecule has 2 aliphatic carbocycles. The molecule has 0 unspecified atom stereocenters. The van der Waals surface area contributed by atoms with Crippen molar-refractivity contribution in [2.24, 2.45) is 35.3 Å². The Morgan fingerprint density at radius 1 is 1.26 bits per heavy atom. The third kappa shape index (κ3) is 3.50. The molecule has 4 rings (SSSR count). The van der Waals surface area contributed by atoms with Crippen LogP contribution in [0.3, 0.4) is 0 Å². The molecule has 0 aromatic carbocycles. The van der Waals surface area contributed by atoms with E-state index in [9.17, 15) is 29.7 Å². The number of amides is 2. The first-order valence-corrected chi connectivity index (χ1v) is 10.5. The number of carbonyl (C=O) groups is 3. The van der Waals surface area contributed by atoms with Crippen LogP contribution in [-0.2, 0) is 19.1 Å². The molecular weight excluding hydrogens is 404 g/mol. The van der Waals surface area contributed by atoms with Gasteiger partial charge in [0.05, 0.1) is 30.7 Å². The van der Waals surface area contributed by atoms with Gasteiger partial charge in [-0.05, 0) is 30.8 Å². The maximum absolute atomic E-state index is 12.9. The Morgan fingerprint density at radius 2 is 1.97 bits per heavy atom. The van der Waals surface area contributed by atoms with E-state index in [1.54, 1.807) is 0 Å². The third-order valence-electron chi connectivity index (χ3n) is 7.30. The van der Waals surface area contributed by atoms with Crippen LogP contribution in [0.5, 0.6) is 0 Å². The standard InChI is InChI=1S/C22H28N2O7/c1-9-3-16(27)18-14(7-24-6-11(20(23)28)4-12(8-25)21(24)29)22(30)31-19(18)17-10(2)15(26)5-13(9)17/h6,12-19,25-27H,1-5,7-8H2,(H2,23,28)/t12-,13-,14-,15-,16-,17-,18+,19+/m0/s1. The highest BCUT2D eigenvalue weighted by molar-refractivity contribution is 5.95. The number of nitrogens with zero attached hydrogens (tertiary/aromatic N) is 1. The molecule has 5 N–H and O–H groups in total. The Morgan fingerprint density at radius 3 is 2.61 bits per heavy atom. The first kappa shape index (κ1) is 21.7. The summed E-state index contributed by atoms with van der Waals surface area (Å²) >= 11 is 0. The first-order valence-electron chi connectivity index (χ1n) is 10.5. The van der Waals surface area contributed by atoms with Crippen molar-refractivity contribution in [1.29, 1.82) is 0 Å². The summed E-state index contributed by atoms with van der Waals surface area (Å²) in [6.07, 6.45) is -0.297. The molecule has 0 radical (unpaired) electrons. The largest absolute Gasteiger partial charge is 0.461 e. The molecule has 2 saturated carbocycles. The molecule has 0 aromatic heterocycles. The van der Waals surface area contributed by atoms with Gasteiger partial charge in [0, 0.05) is 30.2 Å². The summed E-state index contributed by atoms with van der Waals surface area (Å²) < 4.78 is 5.70. The zero-order valence-electron chi connectivity index (χ0n) is 17.1. The van der Waals surface area contributed by atoms with E-state index >= 15 is 0 Å². The Kier molecular flexibility index (Phi) is 5.53. The fourth-order valence-corrected chi connectivity index (χ4v) is 5.67. The fourth-order valence-electron chi connectivity index (χ4n) is 5.67. The number of aliphatic hydroxyl groups is 3. The summed E-state index contributed by atoms with van der Waals surface area (Å²) in [7, 11) is 0. The van der Waals surface area contributed by atoms with Crippen molar-refractivity contribution in [2.75, 3.05) is 13.2 Å². The van der Waals surface area contributed by atoms with Gasteiger partial charge in [0.1, 0.15) is 6.10 Å². The smallest absolute Gasteiger partial charge is 0.311 e. The summed E-state index contributed by atoms with van der Waals surface area (Å²) in [6.45, 7) is 7.51. The number of nitrogens with two attached hydrogens (primary N) is 1. The second-order valence-electron chi connectivity index (χ2n) is 9.07. The number of ether oxygens (including phenoxy) is 1. The van der Waals surface area contributed by atoms with Crippen LogP contribution in [0.4, 0.5) is 0 Å². The Balaban J connectivity index is 1.65. The minimum absolute atomic E-state index is 0.0340. The molecule has 3 fully saturated rings. The molecule has 2 heterocycles. The molecule has 8 atom stereocenters. The SMILES string of the molecule is C=C1[C@@H]2[C@H]3OC(=O)[C@@H](CN4C=C(C(N)=O)C[C@@H](CO)C4=O)[C@@H]3[C@@H](O)CC(=C)[C@@H]2C[C@@H]1O. The molecule has 0 aromatic rings. The Bertz CT molecular complexity index is 881. The maximum atomic E-state index is 12.9. The molecule has 1 saturated heterocycles. The van der Waals surface area contributed by atoms with Gasteiger partial charge in [-0.3, -0.25) is 14.4 Å². The van der Waals surface area contributed by atoms with Crippen molar-refractivity contribution >= 4 is 17.8 Å². The highest BCUT2D eigenvalue weighted by Gasteiger charge is 2.58. The molecule has 2 aliphatic heterocycles. The molecule has 0 bridgehead atoms. The number of hydrogen-bond acceptors (Lipinski definition) is 7. The third-order valence-corrected chi connectivity index (χ3v) is 7.30. The van der Waals surface area contributed by atoms with Gasteiger partial charge in [-0.25, -0.2) is 0 Å². The summed E-state index contributed by atoms with van der Waals surface area (Å²) in [4.78, 5) is 38.5. The van der Waals surface area contributed by atoms with E-state index < -0.39 is 60.5 Å². The molecule has 9 nitrogen and oxygen atoms in total. The number of aliphatic hydroxyl groups excluding tert-OH is 3. The lowest BCUT2D eigenvalue weighted by atomic mass is 9.78. The van der Waals surface area contributed by atoms with E-state index in [0.717, 1.165) is 5.57 Å². The lowest BCUT2D eigenvalue weighted by Crippen LogP contribution is -2.45. The molecule has 4 aliphatic rings. The second-order valence-corrected chi connectivity index (χ2v) is 9.07. The summed E-state index contributed by atoms with van der Waals surface area (Å²) in [5.41, 5.74) is 6.91. The van der Waals surface area contributed by atoms with Crippen LogP contribution >= 0.6 is 0 Å². The van der Waals surface area contributed by atoms with Crippen molar-refractivity contribution < 1.29 is 34.4 Å². The summed E-state index contributed by atoms with van der Waals surface area (Å²) in [5, 5.41) is 30.8. The number of rotatable bonds is 4. The Labute approximate surface area is 179 Å². The molecule has 0 spiro atoms. The topological polar surface area (TPSA) is 150 Å². The lowest BCUT2D eigenvalue weighted by Gasteiger charge is -2.33. The Hall–Kier alpha value is -2.49. The quantitative estimate of drug-likeness (QED) is 0.336. The van der Waals surface area contributed by atoms with Gasteiger partial charge in [0.2, 0.25) is 11.8 Å². The van der Waals surface area contributed by atoms with Crippen LogP contribution < -0.4 is 5.73 Å². The van der Waals surface area contributed by atoms with Gasteiger partial charge in [0.15, 0.2) is 0 Å². The van der Waals surface area contributed by atoms with Crippen LogP contribution in [0.15, 0.2) is 36.1 Å². The van der Waals surface area contributed by atoms with Crippen LogP contribution in [0.1, 0.15) is 19.3 Å². The van der Waals surface area contributed by atoms with Gasteiger partial charge in [0.25, 0.3) is 0 Å². The second kappa shape index (κ2) is 7.89. The average molecular weight is 432 g/mol. The number of hydrogen-bond donors (Lipinski definition) is 4.